The Bertz CT molecular complexity index is 181. The van der Waals surface area contributed by atoms with Crippen LogP contribution >= 0.6 is 0 Å². The number of nitrogens with two attached hydrogens (primary N) is 1. The largest absolute Gasteiger partial charge is 0.325 e. The zero-order chi connectivity index (χ0) is 10.8. The molecule has 14 heavy (non-hydrogen) atoms. The molecule has 1 fully saturated rings. The molecule has 4 heteroatoms. The second kappa shape index (κ2) is 4.53. The molecule has 0 aromatic heterocycles. The lowest BCUT2D eigenvalue weighted by Crippen LogP contribution is -2.47. The van der Waals surface area contributed by atoms with Crippen molar-refractivity contribution in [2.24, 2.45) is 11.7 Å². The van der Waals surface area contributed by atoms with E-state index < -0.39 is 12.5 Å². The molecule has 84 valence electrons. The van der Waals surface area contributed by atoms with Gasteiger partial charge in [0.25, 0.3) is 5.92 Å². The summed E-state index contributed by atoms with van der Waals surface area (Å²) in [5, 5.41) is 0. The molecule has 1 aliphatic rings. The third-order valence-electron chi connectivity index (χ3n) is 3.31. The van der Waals surface area contributed by atoms with Gasteiger partial charge in [0, 0.05) is 6.04 Å². The number of rotatable bonds is 5. The topological polar surface area (TPSA) is 29.3 Å². The van der Waals surface area contributed by atoms with Crippen LogP contribution in [-0.2, 0) is 0 Å². The molecule has 0 radical (unpaired) electrons. The molecule has 0 aromatic rings. The van der Waals surface area contributed by atoms with E-state index in [9.17, 15) is 8.78 Å². The van der Waals surface area contributed by atoms with Gasteiger partial charge in [-0.3, -0.25) is 4.90 Å². The van der Waals surface area contributed by atoms with E-state index in [2.05, 4.69) is 0 Å². The van der Waals surface area contributed by atoms with Crippen molar-refractivity contribution in [2.45, 2.75) is 38.2 Å². The summed E-state index contributed by atoms with van der Waals surface area (Å²) >= 11 is 0. The van der Waals surface area contributed by atoms with Gasteiger partial charge in [0.15, 0.2) is 0 Å². The summed E-state index contributed by atoms with van der Waals surface area (Å²) in [6.07, 6.45) is 3.61. The number of halogens is 2. The van der Waals surface area contributed by atoms with Gasteiger partial charge in [-0.05, 0) is 32.7 Å². The maximum atomic E-state index is 13.0. The first-order valence-electron chi connectivity index (χ1n) is 5.24. The molecule has 0 saturated heterocycles. The van der Waals surface area contributed by atoms with Crippen molar-refractivity contribution in [2.75, 3.05) is 20.1 Å². The number of alkyl halides is 2. The maximum Gasteiger partial charge on any atom is 0.272 e. The van der Waals surface area contributed by atoms with Crippen LogP contribution in [0.1, 0.15) is 26.2 Å². The molecule has 1 saturated carbocycles. The van der Waals surface area contributed by atoms with Crippen LogP contribution in [0.25, 0.3) is 0 Å². The molecular formula is C10H20F2N2. The number of nitrogens with zero attached hydrogens (tertiary/aromatic N) is 1. The molecule has 1 aliphatic carbocycles. The van der Waals surface area contributed by atoms with Crippen molar-refractivity contribution in [1.82, 2.24) is 4.90 Å². The summed E-state index contributed by atoms with van der Waals surface area (Å²) in [6.45, 7) is 1.24. The van der Waals surface area contributed by atoms with Crippen LogP contribution in [-0.4, -0.2) is 37.0 Å². The van der Waals surface area contributed by atoms with Gasteiger partial charge in [-0.1, -0.05) is 6.42 Å². The smallest absolute Gasteiger partial charge is 0.272 e. The first kappa shape index (κ1) is 11.9. The molecule has 0 aliphatic heterocycles. The Balaban J connectivity index is 2.36. The Labute approximate surface area is 84.4 Å². The van der Waals surface area contributed by atoms with Gasteiger partial charge in [0.2, 0.25) is 0 Å². The first-order chi connectivity index (χ1) is 6.46. The highest BCUT2D eigenvalue weighted by Crippen LogP contribution is 2.32. The zero-order valence-electron chi connectivity index (χ0n) is 8.97. The lowest BCUT2D eigenvalue weighted by molar-refractivity contribution is -0.0352. The fourth-order valence-electron chi connectivity index (χ4n) is 1.86. The quantitative estimate of drug-likeness (QED) is 0.742. The molecule has 1 unspecified atom stereocenters. The first-order valence-corrected chi connectivity index (χ1v) is 5.24. The van der Waals surface area contributed by atoms with Crippen LogP contribution in [0, 0.1) is 5.92 Å². The Morgan fingerprint density at radius 2 is 2.07 bits per heavy atom. The van der Waals surface area contributed by atoms with Crippen molar-refractivity contribution in [3.05, 3.63) is 0 Å². The Morgan fingerprint density at radius 1 is 1.50 bits per heavy atom. The minimum atomic E-state index is -2.74. The Kier molecular flexibility index (Phi) is 3.84. The molecule has 0 aromatic carbocycles. The van der Waals surface area contributed by atoms with Crippen molar-refractivity contribution in [3.63, 3.8) is 0 Å². The molecule has 2 N–H and O–H groups in total. The van der Waals surface area contributed by atoms with E-state index in [0.29, 0.717) is 5.92 Å². The highest BCUT2D eigenvalue weighted by atomic mass is 19.3. The van der Waals surface area contributed by atoms with Crippen molar-refractivity contribution in [3.8, 4) is 0 Å². The van der Waals surface area contributed by atoms with Crippen molar-refractivity contribution < 1.29 is 8.78 Å². The van der Waals surface area contributed by atoms with Gasteiger partial charge < -0.3 is 5.73 Å². The standard InChI is InChI=1S/C10H20F2N2/c1-8(9-4-3-5-9)14(2)7-10(11,12)6-13/h8-9H,3-7,13H2,1-2H3. The SMILES string of the molecule is CC(C1CCC1)N(C)CC(F)(F)CN. The third-order valence-corrected chi connectivity index (χ3v) is 3.31. The Hall–Kier alpha value is -0.220. The van der Waals surface area contributed by atoms with Gasteiger partial charge in [0.1, 0.15) is 0 Å². The van der Waals surface area contributed by atoms with E-state index in [4.69, 9.17) is 5.73 Å². The maximum absolute atomic E-state index is 13.0. The van der Waals surface area contributed by atoms with Crippen molar-refractivity contribution >= 4 is 0 Å². The fourth-order valence-corrected chi connectivity index (χ4v) is 1.86. The minimum Gasteiger partial charge on any atom is -0.325 e. The van der Waals surface area contributed by atoms with Gasteiger partial charge in [-0.2, -0.15) is 0 Å². The average Bonchev–Trinajstić information content (AvgIpc) is 2.00. The van der Waals surface area contributed by atoms with Crippen LogP contribution < -0.4 is 5.73 Å². The Morgan fingerprint density at radius 3 is 2.43 bits per heavy atom. The number of hydrogen-bond donors (Lipinski definition) is 1. The van der Waals surface area contributed by atoms with Crippen LogP contribution in [0.3, 0.4) is 0 Å². The predicted molar refractivity (Wildman–Crippen MR) is 53.4 cm³/mol. The monoisotopic (exact) mass is 206 g/mol. The van der Waals surface area contributed by atoms with Crippen molar-refractivity contribution in [1.29, 1.82) is 0 Å². The minimum absolute atomic E-state index is 0.221. The molecule has 0 heterocycles. The highest BCUT2D eigenvalue weighted by Gasteiger charge is 2.33. The van der Waals surface area contributed by atoms with E-state index in [1.807, 2.05) is 6.92 Å². The van der Waals surface area contributed by atoms with E-state index in [1.165, 1.54) is 19.3 Å². The van der Waals surface area contributed by atoms with Crippen LogP contribution in [0.2, 0.25) is 0 Å². The van der Waals surface area contributed by atoms with E-state index >= 15 is 0 Å². The van der Waals surface area contributed by atoms with Gasteiger partial charge in [-0.25, -0.2) is 8.78 Å². The average molecular weight is 206 g/mol. The summed E-state index contributed by atoms with van der Waals surface area (Å²) in [4.78, 5) is 1.73. The summed E-state index contributed by atoms with van der Waals surface area (Å²) < 4.78 is 26.0. The van der Waals surface area contributed by atoms with Gasteiger partial charge in [0.05, 0.1) is 13.1 Å². The van der Waals surface area contributed by atoms with Crippen LogP contribution in [0.5, 0.6) is 0 Å². The van der Waals surface area contributed by atoms with Crippen LogP contribution in [0.15, 0.2) is 0 Å². The zero-order valence-corrected chi connectivity index (χ0v) is 8.97. The molecular weight excluding hydrogens is 186 g/mol. The molecule has 1 rings (SSSR count). The summed E-state index contributed by atoms with van der Waals surface area (Å²) in [5.74, 6) is -2.14. The number of hydrogen-bond acceptors (Lipinski definition) is 2. The molecule has 2 nitrogen and oxygen atoms in total. The third kappa shape index (κ3) is 2.89. The van der Waals surface area contributed by atoms with Gasteiger partial charge >= 0.3 is 0 Å². The normalized spacial score (nSPS) is 21.0. The highest BCUT2D eigenvalue weighted by molar-refractivity contribution is 4.83. The molecule has 0 bridgehead atoms. The predicted octanol–water partition coefficient (Wildman–Crippen LogP) is 1.70. The lowest BCUT2D eigenvalue weighted by Gasteiger charge is -2.38. The lowest BCUT2D eigenvalue weighted by atomic mass is 9.80. The summed E-state index contributed by atoms with van der Waals surface area (Å²) in [5.41, 5.74) is 5.00. The fraction of sp³-hybridized carbons (Fsp3) is 1.00. The summed E-state index contributed by atoms with van der Waals surface area (Å²) in [7, 11) is 1.76. The molecule has 0 amide bonds. The second-order valence-corrected chi connectivity index (χ2v) is 4.41. The van der Waals surface area contributed by atoms with E-state index in [1.54, 1.807) is 11.9 Å². The summed E-state index contributed by atoms with van der Waals surface area (Å²) in [6, 6.07) is 0.251. The van der Waals surface area contributed by atoms with Gasteiger partial charge in [-0.15, -0.1) is 0 Å². The van der Waals surface area contributed by atoms with Crippen LogP contribution in [0.4, 0.5) is 8.78 Å². The van der Waals surface area contributed by atoms with E-state index in [-0.39, 0.29) is 12.6 Å². The molecule has 0 spiro atoms. The van der Waals surface area contributed by atoms with E-state index in [0.717, 1.165) is 0 Å². The second-order valence-electron chi connectivity index (χ2n) is 4.41. The molecule has 1 atom stereocenters.